The highest BCUT2D eigenvalue weighted by molar-refractivity contribution is 5.92. The third kappa shape index (κ3) is 3.59. The van der Waals surface area contributed by atoms with Gasteiger partial charge in [-0.25, -0.2) is 0 Å². The van der Waals surface area contributed by atoms with E-state index in [0.29, 0.717) is 37.0 Å². The predicted octanol–water partition coefficient (Wildman–Crippen LogP) is 5.14. The van der Waals surface area contributed by atoms with Gasteiger partial charge in [-0.15, -0.1) is 0 Å². The van der Waals surface area contributed by atoms with Gasteiger partial charge in [-0.1, -0.05) is 65.0 Å². The molecular weight excluding hydrogens is 296 g/mol. The molecule has 2 nitrogen and oxygen atoms in total. The topological polar surface area (TPSA) is 37.3 Å². The van der Waals surface area contributed by atoms with Gasteiger partial charge >= 0.3 is 0 Å². The number of carbonyl (C=O) groups excluding carboxylic acids is 1. The Morgan fingerprint density at radius 1 is 1.12 bits per heavy atom. The molecule has 0 heterocycles. The molecule has 2 rings (SSSR count). The maximum atomic E-state index is 13.3. The van der Waals surface area contributed by atoms with Crippen molar-refractivity contribution in [2.24, 2.45) is 17.8 Å². The minimum absolute atomic E-state index is 0.232. The zero-order valence-corrected chi connectivity index (χ0v) is 16.0. The maximum Gasteiger partial charge on any atom is 0.146 e. The van der Waals surface area contributed by atoms with Gasteiger partial charge in [0.05, 0.1) is 11.0 Å². The van der Waals surface area contributed by atoms with E-state index in [2.05, 4.69) is 34.6 Å². The van der Waals surface area contributed by atoms with Crippen molar-refractivity contribution in [3.63, 3.8) is 0 Å². The van der Waals surface area contributed by atoms with Crippen LogP contribution in [0.4, 0.5) is 0 Å². The summed E-state index contributed by atoms with van der Waals surface area (Å²) in [5, 5.41) is 11.9. The number of hydrogen-bond acceptors (Lipinski definition) is 2. The van der Waals surface area contributed by atoms with Crippen LogP contribution in [0.1, 0.15) is 72.3 Å². The Labute approximate surface area is 147 Å². The number of benzene rings is 1. The number of aliphatic hydroxyl groups is 1. The molecule has 24 heavy (non-hydrogen) atoms. The molecular formula is C22H34O2. The third-order valence-corrected chi connectivity index (χ3v) is 5.55. The monoisotopic (exact) mass is 330 g/mol. The van der Waals surface area contributed by atoms with Crippen LogP contribution >= 0.6 is 0 Å². The Hall–Kier alpha value is -1.15. The zero-order valence-electron chi connectivity index (χ0n) is 16.0. The highest BCUT2D eigenvalue weighted by Gasteiger charge is 2.57. The van der Waals surface area contributed by atoms with Gasteiger partial charge in [-0.3, -0.25) is 4.79 Å². The molecule has 2 atom stereocenters. The first kappa shape index (κ1) is 19.2. The predicted molar refractivity (Wildman–Crippen MR) is 100 cm³/mol. The standard InChI is InChI=1S/C22H34O2/c1-16(2)13-21(24,14-17(3)4)22(19-9-7-6-8-10-19)15-18(5)11-12-20(22)23/h6-10,16-18,24H,11-15H2,1-5H3/t18-,22+/m1/s1. The fraction of sp³-hybridized carbons (Fsp3) is 0.682. The smallest absolute Gasteiger partial charge is 0.146 e. The summed E-state index contributed by atoms with van der Waals surface area (Å²) in [4.78, 5) is 13.3. The Balaban J connectivity index is 2.64. The van der Waals surface area contributed by atoms with E-state index in [-0.39, 0.29) is 5.78 Å². The van der Waals surface area contributed by atoms with Gasteiger partial charge in [0, 0.05) is 6.42 Å². The van der Waals surface area contributed by atoms with Crippen LogP contribution in [-0.2, 0) is 10.2 Å². The highest BCUT2D eigenvalue weighted by atomic mass is 16.3. The van der Waals surface area contributed by atoms with Crippen molar-refractivity contribution in [1.29, 1.82) is 0 Å². The second kappa shape index (κ2) is 7.39. The molecule has 1 N–H and O–H groups in total. The average Bonchev–Trinajstić information content (AvgIpc) is 2.48. The van der Waals surface area contributed by atoms with Crippen molar-refractivity contribution in [2.45, 2.75) is 77.7 Å². The maximum absolute atomic E-state index is 13.3. The SMILES string of the molecule is CC(C)CC(O)(CC(C)C)[C@]1(c2ccccc2)C[C@H](C)CCC1=O. The molecule has 1 fully saturated rings. The average molecular weight is 331 g/mol. The number of carbonyl (C=O) groups is 1. The van der Waals surface area contributed by atoms with Crippen molar-refractivity contribution >= 4 is 5.78 Å². The fourth-order valence-electron chi connectivity index (χ4n) is 4.83. The van der Waals surface area contributed by atoms with Crippen LogP contribution < -0.4 is 0 Å². The Morgan fingerprint density at radius 3 is 2.17 bits per heavy atom. The number of hydrogen-bond donors (Lipinski definition) is 1. The van der Waals surface area contributed by atoms with Gasteiger partial charge in [-0.2, -0.15) is 0 Å². The molecule has 1 aliphatic carbocycles. The van der Waals surface area contributed by atoms with Crippen LogP contribution in [0.5, 0.6) is 0 Å². The Kier molecular flexibility index (Phi) is 5.91. The Morgan fingerprint density at radius 2 is 1.67 bits per heavy atom. The molecule has 0 unspecified atom stereocenters. The fourth-order valence-corrected chi connectivity index (χ4v) is 4.83. The van der Waals surface area contributed by atoms with Gasteiger partial charge in [0.2, 0.25) is 0 Å². The summed E-state index contributed by atoms with van der Waals surface area (Å²) >= 11 is 0. The van der Waals surface area contributed by atoms with Crippen molar-refractivity contribution in [3.05, 3.63) is 35.9 Å². The number of Topliss-reactive ketones (excluding diaryl/α,β-unsaturated/α-hetero) is 1. The zero-order chi connectivity index (χ0) is 18.0. The van der Waals surface area contributed by atoms with E-state index in [1.807, 2.05) is 30.3 Å². The van der Waals surface area contributed by atoms with Crippen molar-refractivity contribution in [1.82, 2.24) is 0 Å². The lowest BCUT2D eigenvalue weighted by atomic mass is 9.53. The number of rotatable bonds is 6. The Bertz CT molecular complexity index is 536. The first-order valence-electron chi connectivity index (χ1n) is 9.52. The van der Waals surface area contributed by atoms with Gasteiger partial charge in [-0.05, 0) is 49.0 Å². The van der Waals surface area contributed by atoms with Crippen LogP contribution in [-0.4, -0.2) is 16.5 Å². The molecule has 134 valence electrons. The molecule has 1 aliphatic rings. The lowest BCUT2D eigenvalue weighted by molar-refractivity contribution is -0.147. The summed E-state index contributed by atoms with van der Waals surface area (Å²) < 4.78 is 0. The van der Waals surface area contributed by atoms with Crippen LogP contribution in [0.3, 0.4) is 0 Å². The van der Waals surface area contributed by atoms with Crippen LogP contribution in [0.15, 0.2) is 30.3 Å². The molecule has 0 radical (unpaired) electrons. The van der Waals surface area contributed by atoms with Gasteiger partial charge in [0.15, 0.2) is 0 Å². The molecule has 0 bridgehead atoms. The first-order valence-corrected chi connectivity index (χ1v) is 9.52. The highest BCUT2D eigenvalue weighted by Crippen LogP contribution is 2.51. The summed E-state index contributed by atoms with van der Waals surface area (Å²) in [7, 11) is 0. The lowest BCUT2D eigenvalue weighted by Gasteiger charge is -2.51. The second-order valence-corrected chi connectivity index (χ2v) is 8.77. The van der Waals surface area contributed by atoms with E-state index >= 15 is 0 Å². The summed E-state index contributed by atoms with van der Waals surface area (Å²) in [5.74, 6) is 1.38. The van der Waals surface area contributed by atoms with Crippen LogP contribution in [0.2, 0.25) is 0 Å². The van der Waals surface area contributed by atoms with Crippen LogP contribution in [0, 0.1) is 17.8 Å². The van der Waals surface area contributed by atoms with Gasteiger partial charge in [0.1, 0.15) is 5.78 Å². The van der Waals surface area contributed by atoms with E-state index in [9.17, 15) is 9.90 Å². The molecule has 0 aliphatic heterocycles. The molecule has 1 aromatic carbocycles. The van der Waals surface area contributed by atoms with Crippen molar-refractivity contribution in [2.75, 3.05) is 0 Å². The van der Waals surface area contributed by atoms with E-state index in [0.717, 1.165) is 18.4 Å². The number of ketones is 1. The van der Waals surface area contributed by atoms with Gasteiger partial charge < -0.3 is 5.11 Å². The van der Waals surface area contributed by atoms with E-state index in [4.69, 9.17) is 0 Å². The molecule has 2 heteroatoms. The molecule has 0 saturated heterocycles. The molecule has 1 saturated carbocycles. The lowest BCUT2D eigenvalue weighted by Crippen LogP contribution is -2.60. The third-order valence-electron chi connectivity index (χ3n) is 5.55. The first-order chi connectivity index (χ1) is 11.2. The van der Waals surface area contributed by atoms with E-state index < -0.39 is 11.0 Å². The van der Waals surface area contributed by atoms with E-state index in [1.165, 1.54) is 0 Å². The molecule has 0 aromatic heterocycles. The molecule has 0 amide bonds. The molecule has 0 spiro atoms. The summed E-state index contributed by atoms with van der Waals surface area (Å²) in [5.41, 5.74) is -0.742. The minimum Gasteiger partial charge on any atom is -0.388 e. The van der Waals surface area contributed by atoms with Gasteiger partial charge in [0.25, 0.3) is 0 Å². The quantitative estimate of drug-likeness (QED) is 0.784. The van der Waals surface area contributed by atoms with E-state index in [1.54, 1.807) is 0 Å². The summed E-state index contributed by atoms with van der Waals surface area (Å²) in [6, 6.07) is 10.1. The second-order valence-electron chi connectivity index (χ2n) is 8.77. The molecule has 1 aromatic rings. The van der Waals surface area contributed by atoms with Crippen molar-refractivity contribution < 1.29 is 9.90 Å². The largest absolute Gasteiger partial charge is 0.388 e. The summed E-state index contributed by atoms with van der Waals surface area (Å²) in [6.45, 7) is 10.8. The minimum atomic E-state index is -0.984. The normalized spacial score (nSPS) is 25.5. The van der Waals surface area contributed by atoms with Crippen molar-refractivity contribution in [3.8, 4) is 0 Å². The van der Waals surface area contributed by atoms with Crippen LogP contribution in [0.25, 0.3) is 0 Å². The summed E-state index contributed by atoms with van der Waals surface area (Å²) in [6.07, 6.45) is 3.60.